The number of benzene rings is 1. The number of piperazine rings is 1. The van der Waals surface area contributed by atoms with Crippen molar-refractivity contribution in [1.29, 1.82) is 0 Å². The van der Waals surface area contributed by atoms with Crippen molar-refractivity contribution in [2.45, 2.75) is 56.9 Å². The summed E-state index contributed by atoms with van der Waals surface area (Å²) in [6.07, 6.45) is 6.71. The van der Waals surface area contributed by atoms with Crippen molar-refractivity contribution in [3.63, 3.8) is 0 Å². The van der Waals surface area contributed by atoms with Gasteiger partial charge in [0.15, 0.2) is 0 Å². The van der Waals surface area contributed by atoms with Crippen molar-refractivity contribution in [3.8, 4) is 5.75 Å². The fourth-order valence-electron chi connectivity index (χ4n) is 5.51. The molecule has 4 unspecified atom stereocenters. The van der Waals surface area contributed by atoms with Gasteiger partial charge in [0.1, 0.15) is 11.8 Å². The summed E-state index contributed by atoms with van der Waals surface area (Å²) in [7, 11) is 1.65. The van der Waals surface area contributed by atoms with Crippen molar-refractivity contribution in [3.05, 3.63) is 59.9 Å². The van der Waals surface area contributed by atoms with Crippen LogP contribution in [0.4, 0.5) is 0 Å². The first-order valence-corrected chi connectivity index (χ1v) is 11.8. The summed E-state index contributed by atoms with van der Waals surface area (Å²) in [6.45, 7) is 1.88. The van der Waals surface area contributed by atoms with Crippen LogP contribution < -0.4 is 15.5 Å². The predicted octanol–water partition coefficient (Wildman–Crippen LogP) is 1.87. The average Bonchev–Trinajstić information content (AvgIpc) is 3.36. The van der Waals surface area contributed by atoms with E-state index in [1.54, 1.807) is 19.5 Å². The smallest absolute Gasteiger partial charge is 0.242 e. The molecule has 5 rings (SSSR count). The molecule has 3 aliphatic rings. The number of hydrogen-bond donors (Lipinski definition) is 2. The number of carbonyl (C=O) groups is 2. The molecule has 2 aromatic rings. The second kappa shape index (κ2) is 9.49. The lowest BCUT2D eigenvalue weighted by Gasteiger charge is -2.51. The number of amides is 2. The van der Waals surface area contributed by atoms with E-state index in [4.69, 9.17) is 4.74 Å². The fourth-order valence-corrected chi connectivity index (χ4v) is 5.51. The van der Waals surface area contributed by atoms with Crippen molar-refractivity contribution < 1.29 is 14.3 Å². The third-order valence-electron chi connectivity index (χ3n) is 7.25. The molecule has 2 amide bonds. The monoisotopic (exact) mass is 449 g/mol. The highest BCUT2D eigenvalue weighted by atomic mass is 16.5. The standard InChI is InChI=1S/C25H31N5O3/c1-33-20-5-2-18(3-6-20)16-29-23-14-19(24(31)27-15-17-8-11-26-12-9-17)4-7-21(23)30-22(25(29)32)10-13-28-30/h2-3,5-6,8-9,11-12,19,21-23,28H,4,7,10,13-16H2,1H3,(H,27,31). The van der Waals surface area contributed by atoms with Gasteiger partial charge in [0, 0.05) is 50.0 Å². The average molecular weight is 450 g/mol. The van der Waals surface area contributed by atoms with E-state index in [1.165, 1.54) is 0 Å². The lowest BCUT2D eigenvalue weighted by Crippen LogP contribution is -2.68. The SMILES string of the molecule is COc1ccc(CN2C(=O)C3CCNN3C3CCC(C(=O)NCc4ccncc4)CC32)cc1. The van der Waals surface area contributed by atoms with E-state index in [-0.39, 0.29) is 35.9 Å². The molecule has 2 N–H and O–H groups in total. The molecule has 0 spiro atoms. The van der Waals surface area contributed by atoms with E-state index in [1.807, 2.05) is 41.3 Å². The second-order valence-electron chi connectivity index (χ2n) is 9.15. The van der Waals surface area contributed by atoms with Crippen LogP contribution in [-0.4, -0.2) is 58.5 Å². The number of fused-ring (bicyclic) bond motifs is 3. The predicted molar refractivity (Wildman–Crippen MR) is 123 cm³/mol. The Hall–Kier alpha value is -2.97. The molecule has 0 radical (unpaired) electrons. The van der Waals surface area contributed by atoms with Crippen LogP contribution in [0.3, 0.4) is 0 Å². The van der Waals surface area contributed by atoms with Crippen molar-refractivity contribution >= 4 is 11.8 Å². The number of aromatic nitrogens is 1. The molecule has 1 saturated carbocycles. The van der Waals surface area contributed by atoms with Crippen molar-refractivity contribution in [2.75, 3.05) is 13.7 Å². The lowest BCUT2D eigenvalue weighted by atomic mass is 9.78. The number of rotatable bonds is 6. The van der Waals surface area contributed by atoms with Crippen LogP contribution in [0.2, 0.25) is 0 Å². The topological polar surface area (TPSA) is 86.8 Å². The molecule has 2 aliphatic heterocycles. The number of nitrogens with zero attached hydrogens (tertiary/aromatic N) is 3. The first kappa shape index (κ1) is 21.9. The zero-order valence-corrected chi connectivity index (χ0v) is 18.9. The Kier molecular flexibility index (Phi) is 6.28. The van der Waals surface area contributed by atoms with Gasteiger partial charge in [0.2, 0.25) is 11.8 Å². The summed E-state index contributed by atoms with van der Waals surface area (Å²) in [5.74, 6) is 0.934. The minimum Gasteiger partial charge on any atom is -0.497 e. The van der Waals surface area contributed by atoms with E-state index < -0.39 is 0 Å². The van der Waals surface area contributed by atoms with Crippen LogP contribution in [-0.2, 0) is 22.7 Å². The lowest BCUT2D eigenvalue weighted by molar-refractivity contribution is -0.157. The zero-order valence-electron chi connectivity index (χ0n) is 18.9. The van der Waals surface area contributed by atoms with Gasteiger partial charge in [-0.1, -0.05) is 12.1 Å². The van der Waals surface area contributed by atoms with E-state index in [0.29, 0.717) is 19.5 Å². The Bertz CT molecular complexity index is 983. The summed E-state index contributed by atoms with van der Waals surface area (Å²) in [6, 6.07) is 11.8. The zero-order chi connectivity index (χ0) is 22.8. The highest BCUT2D eigenvalue weighted by Gasteiger charge is 2.51. The van der Waals surface area contributed by atoms with E-state index in [0.717, 1.165) is 42.7 Å². The molecular weight excluding hydrogens is 418 g/mol. The highest BCUT2D eigenvalue weighted by molar-refractivity contribution is 5.84. The summed E-state index contributed by atoms with van der Waals surface area (Å²) < 4.78 is 5.27. The number of carbonyl (C=O) groups excluding carboxylic acids is 2. The van der Waals surface area contributed by atoms with Crippen LogP contribution in [0.5, 0.6) is 5.75 Å². The molecule has 0 bridgehead atoms. The number of nitrogens with one attached hydrogen (secondary N) is 2. The van der Waals surface area contributed by atoms with Crippen LogP contribution in [0.15, 0.2) is 48.8 Å². The van der Waals surface area contributed by atoms with Crippen LogP contribution >= 0.6 is 0 Å². The fraction of sp³-hybridized carbons (Fsp3) is 0.480. The molecule has 3 heterocycles. The number of hydrogen-bond acceptors (Lipinski definition) is 6. The van der Waals surface area contributed by atoms with Gasteiger partial charge in [0.05, 0.1) is 7.11 Å². The first-order valence-electron chi connectivity index (χ1n) is 11.8. The maximum absolute atomic E-state index is 13.5. The molecule has 33 heavy (non-hydrogen) atoms. The van der Waals surface area contributed by atoms with E-state index in [9.17, 15) is 9.59 Å². The number of pyridine rings is 1. The largest absolute Gasteiger partial charge is 0.497 e. The normalized spacial score (nSPS) is 27.1. The third kappa shape index (κ3) is 4.45. The number of methoxy groups -OCH3 is 1. The van der Waals surface area contributed by atoms with Gasteiger partial charge in [-0.25, -0.2) is 5.01 Å². The quantitative estimate of drug-likeness (QED) is 0.700. The first-order chi connectivity index (χ1) is 16.1. The molecule has 3 fully saturated rings. The summed E-state index contributed by atoms with van der Waals surface area (Å²) in [5.41, 5.74) is 5.55. The molecule has 2 saturated heterocycles. The number of hydrazine groups is 1. The second-order valence-corrected chi connectivity index (χ2v) is 9.15. The van der Waals surface area contributed by atoms with E-state index in [2.05, 4.69) is 20.7 Å². The summed E-state index contributed by atoms with van der Waals surface area (Å²) >= 11 is 0. The van der Waals surface area contributed by atoms with Crippen LogP contribution in [0, 0.1) is 5.92 Å². The molecule has 1 aromatic carbocycles. The molecular formula is C25H31N5O3. The van der Waals surface area contributed by atoms with Gasteiger partial charge in [-0.3, -0.25) is 20.0 Å². The van der Waals surface area contributed by atoms with Gasteiger partial charge in [0.25, 0.3) is 0 Å². The minimum absolute atomic E-state index is 0.00637. The Morgan fingerprint density at radius 3 is 2.64 bits per heavy atom. The molecule has 8 nitrogen and oxygen atoms in total. The van der Waals surface area contributed by atoms with Crippen molar-refractivity contribution in [1.82, 2.24) is 25.6 Å². The summed E-state index contributed by atoms with van der Waals surface area (Å²) in [4.78, 5) is 32.6. The summed E-state index contributed by atoms with van der Waals surface area (Å²) in [5, 5.41) is 5.27. The van der Waals surface area contributed by atoms with Gasteiger partial charge in [-0.2, -0.15) is 0 Å². The van der Waals surface area contributed by atoms with Crippen LogP contribution in [0.25, 0.3) is 0 Å². The molecule has 1 aromatic heterocycles. The highest BCUT2D eigenvalue weighted by Crippen LogP contribution is 2.38. The van der Waals surface area contributed by atoms with Crippen molar-refractivity contribution in [2.24, 2.45) is 5.92 Å². The Labute approximate surface area is 194 Å². The number of ether oxygens (including phenoxy) is 1. The Morgan fingerprint density at radius 1 is 1.09 bits per heavy atom. The molecule has 1 aliphatic carbocycles. The van der Waals surface area contributed by atoms with Crippen LogP contribution in [0.1, 0.15) is 36.8 Å². The van der Waals surface area contributed by atoms with Gasteiger partial charge < -0.3 is 15.0 Å². The van der Waals surface area contributed by atoms with Gasteiger partial charge in [-0.05, 0) is 61.1 Å². The third-order valence-corrected chi connectivity index (χ3v) is 7.25. The van der Waals surface area contributed by atoms with Gasteiger partial charge >= 0.3 is 0 Å². The Balaban J connectivity index is 1.31. The molecule has 4 atom stereocenters. The minimum atomic E-state index is -0.110. The maximum Gasteiger partial charge on any atom is 0.242 e. The molecule has 8 heteroatoms. The van der Waals surface area contributed by atoms with E-state index >= 15 is 0 Å². The Morgan fingerprint density at radius 2 is 1.88 bits per heavy atom. The molecule has 174 valence electrons. The maximum atomic E-state index is 13.5. The van der Waals surface area contributed by atoms with Gasteiger partial charge in [-0.15, -0.1) is 0 Å².